The number of thiazole rings is 1. The number of aliphatic carboxylic acids is 1. The average molecular weight is 745 g/mol. The van der Waals surface area contributed by atoms with E-state index in [1.807, 2.05) is 91.0 Å². The summed E-state index contributed by atoms with van der Waals surface area (Å²) in [6.07, 6.45) is 1.09. The Kier molecular flexibility index (Phi) is 10.3. The smallest absolute Gasteiger partial charge is 0.332 e. The minimum atomic E-state index is -1.27. The molecule has 3 N–H and O–H groups in total. The molecule has 2 fully saturated rings. The predicted molar refractivity (Wildman–Crippen MR) is 199 cm³/mol. The van der Waals surface area contributed by atoms with Crippen LogP contribution in [0.3, 0.4) is 0 Å². The number of thioether (sulfide) groups is 1. The summed E-state index contributed by atoms with van der Waals surface area (Å²) in [6.45, 7) is 5.11. The van der Waals surface area contributed by atoms with Crippen molar-refractivity contribution in [1.82, 2.24) is 15.2 Å². The van der Waals surface area contributed by atoms with Gasteiger partial charge in [-0.15, -0.1) is 34.7 Å². The second kappa shape index (κ2) is 14.5. The highest BCUT2D eigenvalue weighted by Crippen LogP contribution is 2.44. The summed E-state index contributed by atoms with van der Waals surface area (Å²) in [5, 5.41) is 17.9. The lowest BCUT2D eigenvalue weighted by molar-refractivity contribution is -0.157. The van der Waals surface area contributed by atoms with Crippen LogP contribution < -0.4 is 10.6 Å². The highest BCUT2D eigenvalue weighted by molar-refractivity contribution is 8.00. The number of hydrogen-bond acceptors (Lipinski definition) is 9. The van der Waals surface area contributed by atoms with Gasteiger partial charge in [-0.05, 0) is 37.5 Å². The molecule has 3 atom stereocenters. The lowest BCUT2D eigenvalue weighted by Gasteiger charge is -2.53. The van der Waals surface area contributed by atoms with Gasteiger partial charge in [-0.1, -0.05) is 91.0 Å². The van der Waals surface area contributed by atoms with E-state index in [4.69, 9.17) is 21.3 Å². The Morgan fingerprint density at radius 1 is 0.980 bits per heavy atom. The number of carbonyl (C=O) groups is 4. The van der Waals surface area contributed by atoms with Crippen molar-refractivity contribution in [3.8, 4) is 0 Å². The lowest BCUT2D eigenvalue weighted by Crippen LogP contribution is -2.74. The SMILES string of the molecule is CC(C)(C)OC(=O)C=C(C(=O)NC1C(=O)N2CC(CCl)(C(=O)O)CS[C@H]12)c1csc(NC(c2ccccc2)(c2ccccc2)c2ccccc2)n1. The van der Waals surface area contributed by atoms with Gasteiger partial charge in [0.1, 0.15) is 28.0 Å². The molecule has 6 rings (SSSR count). The third kappa shape index (κ3) is 7.26. The van der Waals surface area contributed by atoms with Gasteiger partial charge in [0.05, 0.1) is 11.3 Å². The quantitative estimate of drug-likeness (QED) is 0.0557. The zero-order valence-electron chi connectivity index (χ0n) is 28.2. The number of hydrogen-bond donors (Lipinski definition) is 3. The minimum Gasteiger partial charge on any atom is -0.481 e. The van der Waals surface area contributed by atoms with Crippen LogP contribution in [0.5, 0.6) is 0 Å². The van der Waals surface area contributed by atoms with Crippen LogP contribution >= 0.6 is 34.7 Å². The number of rotatable bonds is 11. The molecule has 1 aromatic heterocycles. The number of carbonyl (C=O) groups excluding carboxylic acids is 3. The molecule has 0 spiro atoms. The Labute approximate surface area is 309 Å². The summed E-state index contributed by atoms with van der Waals surface area (Å²) >= 11 is 8.54. The second-order valence-corrected chi connectivity index (χ2v) is 15.7. The van der Waals surface area contributed by atoms with E-state index in [9.17, 15) is 24.3 Å². The number of esters is 1. The molecule has 264 valence electrons. The van der Waals surface area contributed by atoms with Crippen LogP contribution in [-0.4, -0.2) is 73.9 Å². The summed E-state index contributed by atoms with van der Waals surface area (Å²) in [6, 6.07) is 29.0. The number of amides is 2. The molecule has 3 aromatic carbocycles. The third-order valence-corrected chi connectivity index (χ3v) is 11.6. The van der Waals surface area contributed by atoms with Crippen LogP contribution in [0, 0.1) is 5.41 Å². The average Bonchev–Trinajstić information content (AvgIpc) is 3.59. The van der Waals surface area contributed by atoms with Gasteiger partial charge in [-0.3, -0.25) is 14.4 Å². The Morgan fingerprint density at radius 3 is 2.02 bits per heavy atom. The molecule has 2 amide bonds. The minimum absolute atomic E-state index is 0.0532. The van der Waals surface area contributed by atoms with Crippen molar-refractivity contribution in [3.63, 3.8) is 0 Å². The highest BCUT2D eigenvalue weighted by atomic mass is 35.5. The molecule has 51 heavy (non-hydrogen) atoms. The molecule has 4 aromatic rings. The fourth-order valence-corrected chi connectivity index (χ4v) is 8.93. The van der Waals surface area contributed by atoms with Crippen molar-refractivity contribution in [2.45, 2.75) is 43.3 Å². The standard InChI is InChI=1S/C38H37ClN4O6S2/c1-36(2,3)49-29(44)19-27(31(45)41-30-32(46)43-22-37(21-39,34(47)48)23-51-33(30)43)28-20-50-35(40-28)42-38(24-13-7-4-8-14-24,25-15-9-5-10-16-25)26-17-11-6-12-18-26/h4-20,30,33H,21-23H2,1-3H3,(H,40,42)(H,41,45)(H,47,48)/t30?,33-,37?/m1/s1. The molecule has 2 unspecified atom stereocenters. The van der Waals surface area contributed by atoms with E-state index in [0.29, 0.717) is 5.13 Å². The zero-order chi connectivity index (χ0) is 36.4. The van der Waals surface area contributed by atoms with Crippen molar-refractivity contribution >= 4 is 69.2 Å². The van der Waals surface area contributed by atoms with E-state index in [1.165, 1.54) is 28.0 Å². The van der Waals surface area contributed by atoms with Crippen LogP contribution in [0.25, 0.3) is 5.57 Å². The number of benzene rings is 3. The first-order valence-corrected chi connectivity index (χ1v) is 18.7. The summed E-state index contributed by atoms with van der Waals surface area (Å²) in [5.41, 5.74) is 0.0266. The molecule has 0 aliphatic carbocycles. The maximum Gasteiger partial charge on any atom is 0.332 e. The number of alkyl halides is 1. The number of anilines is 1. The van der Waals surface area contributed by atoms with E-state index < -0.39 is 51.7 Å². The number of β-lactam (4-membered cyclic amide) rings is 1. The lowest BCUT2D eigenvalue weighted by atomic mass is 9.77. The first kappa shape index (κ1) is 36.2. The number of aromatic nitrogens is 1. The molecule has 0 bridgehead atoms. The van der Waals surface area contributed by atoms with Gasteiger partial charge in [0.2, 0.25) is 5.91 Å². The number of halogens is 1. The first-order chi connectivity index (χ1) is 24.4. The Morgan fingerprint density at radius 2 is 1.53 bits per heavy atom. The molecular formula is C38H37ClN4O6S2. The van der Waals surface area contributed by atoms with Crippen LogP contribution in [0.15, 0.2) is 102 Å². The summed E-state index contributed by atoms with van der Waals surface area (Å²) < 4.78 is 5.53. The Bertz CT molecular complexity index is 1850. The van der Waals surface area contributed by atoms with Crippen LogP contribution in [0.1, 0.15) is 43.2 Å². The zero-order valence-corrected chi connectivity index (χ0v) is 30.6. The molecule has 0 radical (unpaired) electrons. The normalized spacial score (nSPS) is 20.5. The summed E-state index contributed by atoms with van der Waals surface area (Å²) in [7, 11) is 0. The van der Waals surface area contributed by atoms with Crippen LogP contribution in [-0.2, 0) is 29.5 Å². The van der Waals surface area contributed by atoms with Gasteiger partial charge in [0, 0.05) is 29.6 Å². The van der Waals surface area contributed by atoms with Gasteiger partial charge < -0.3 is 25.4 Å². The number of nitrogens with one attached hydrogen (secondary N) is 2. The van der Waals surface area contributed by atoms with E-state index in [0.717, 1.165) is 22.8 Å². The monoisotopic (exact) mass is 744 g/mol. The van der Waals surface area contributed by atoms with Crippen molar-refractivity contribution < 1.29 is 29.0 Å². The second-order valence-electron chi connectivity index (χ2n) is 13.4. The molecule has 0 saturated carbocycles. The number of nitrogens with zero attached hydrogens (tertiary/aromatic N) is 2. The number of ether oxygens (including phenoxy) is 1. The third-order valence-electron chi connectivity index (χ3n) is 8.75. The molecule has 2 aliphatic rings. The van der Waals surface area contributed by atoms with Crippen molar-refractivity contribution in [2.24, 2.45) is 5.41 Å². The molecule has 13 heteroatoms. The van der Waals surface area contributed by atoms with Crippen LogP contribution in [0.2, 0.25) is 0 Å². The maximum absolute atomic E-state index is 14.0. The fourth-order valence-electron chi connectivity index (χ4n) is 6.22. The summed E-state index contributed by atoms with van der Waals surface area (Å²) in [4.78, 5) is 58.5. The number of carboxylic acid groups (broad SMARTS) is 1. The van der Waals surface area contributed by atoms with Gasteiger partial charge in [-0.25, -0.2) is 9.78 Å². The van der Waals surface area contributed by atoms with Gasteiger partial charge >= 0.3 is 11.9 Å². The topological polar surface area (TPSA) is 138 Å². The molecule has 3 heterocycles. The van der Waals surface area contributed by atoms with Crippen molar-refractivity contribution in [3.05, 3.63) is 125 Å². The fraction of sp³-hybridized carbons (Fsp3) is 0.289. The largest absolute Gasteiger partial charge is 0.481 e. The Balaban J connectivity index is 1.34. The van der Waals surface area contributed by atoms with E-state index in [1.54, 1.807) is 26.2 Å². The maximum atomic E-state index is 14.0. The Hall–Kier alpha value is -4.65. The molecule has 10 nitrogen and oxygen atoms in total. The van der Waals surface area contributed by atoms with E-state index >= 15 is 0 Å². The molecule has 2 aliphatic heterocycles. The summed E-state index contributed by atoms with van der Waals surface area (Å²) in [5.74, 6) is -2.90. The molecule has 2 saturated heterocycles. The van der Waals surface area contributed by atoms with Crippen LogP contribution in [0.4, 0.5) is 5.13 Å². The van der Waals surface area contributed by atoms with Gasteiger partial charge in [0.15, 0.2) is 5.13 Å². The first-order valence-electron chi connectivity index (χ1n) is 16.2. The number of fused-ring (bicyclic) bond motifs is 1. The highest BCUT2D eigenvalue weighted by Gasteiger charge is 2.57. The van der Waals surface area contributed by atoms with E-state index in [-0.39, 0.29) is 29.4 Å². The van der Waals surface area contributed by atoms with Crippen molar-refractivity contribution in [2.75, 3.05) is 23.5 Å². The number of carboxylic acids is 1. The van der Waals surface area contributed by atoms with Gasteiger partial charge in [0.25, 0.3) is 5.91 Å². The molecular weight excluding hydrogens is 708 g/mol. The predicted octanol–water partition coefficient (Wildman–Crippen LogP) is 5.98. The van der Waals surface area contributed by atoms with Crippen molar-refractivity contribution in [1.29, 1.82) is 0 Å². The van der Waals surface area contributed by atoms with E-state index in [2.05, 4.69) is 10.6 Å². The van der Waals surface area contributed by atoms with Gasteiger partial charge in [-0.2, -0.15) is 0 Å².